The molecule has 2 heterocycles. The van der Waals surface area contributed by atoms with Crippen LogP contribution in [0.3, 0.4) is 0 Å². The van der Waals surface area contributed by atoms with Crippen LogP contribution in [0, 0.1) is 6.92 Å². The Bertz CT molecular complexity index is 1190. The third-order valence-electron chi connectivity index (χ3n) is 5.53. The lowest BCUT2D eigenvalue weighted by atomic mass is 10.0. The van der Waals surface area contributed by atoms with Gasteiger partial charge in [0.2, 0.25) is 5.88 Å². The lowest BCUT2D eigenvalue weighted by Crippen LogP contribution is -2.12. The second-order valence-electron chi connectivity index (χ2n) is 7.69. The zero-order valence-corrected chi connectivity index (χ0v) is 18.7. The van der Waals surface area contributed by atoms with Crippen molar-refractivity contribution in [2.75, 3.05) is 7.11 Å². The van der Waals surface area contributed by atoms with Crippen molar-refractivity contribution in [3.63, 3.8) is 0 Å². The number of hydrogen-bond donors (Lipinski definition) is 1. The normalized spacial score (nSPS) is 12.7. The van der Waals surface area contributed by atoms with Crippen LogP contribution in [0.4, 0.5) is 0 Å². The van der Waals surface area contributed by atoms with Crippen LogP contribution in [0.25, 0.3) is 11.3 Å². The molecule has 4 rings (SSSR count). The summed E-state index contributed by atoms with van der Waals surface area (Å²) in [5, 5.41) is 3.38. The van der Waals surface area contributed by atoms with Gasteiger partial charge in [0.15, 0.2) is 0 Å². The van der Waals surface area contributed by atoms with Gasteiger partial charge in [0, 0.05) is 47.9 Å². The molecule has 0 bridgehead atoms. The fourth-order valence-corrected chi connectivity index (χ4v) is 3.67. The molecule has 0 spiro atoms. The van der Waals surface area contributed by atoms with Crippen LogP contribution in [0.2, 0.25) is 0 Å². The fraction of sp³-hybridized carbons (Fsp3) is 0.185. The molecule has 0 saturated heterocycles. The lowest BCUT2D eigenvalue weighted by molar-refractivity contribution is 0.397. The molecule has 5 nitrogen and oxygen atoms in total. The maximum atomic E-state index is 6.24. The van der Waals surface area contributed by atoms with E-state index in [-0.39, 0.29) is 0 Å². The average Bonchev–Trinajstić information content (AvgIpc) is 3.25. The number of nitrogens with zero attached hydrogens (tertiary/aromatic N) is 2. The van der Waals surface area contributed by atoms with E-state index < -0.39 is 0 Å². The van der Waals surface area contributed by atoms with Gasteiger partial charge in [-0.25, -0.2) is 4.98 Å². The highest BCUT2D eigenvalue weighted by Gasteiger charge is 2.13. The van der Waals surface area contributed by atoms with Crippen molar-refractivity contribution in [2.45, 2.75) is 26.8 Å². The number of aromatic nitrogens is 2. The number of nitrogens with one attached hydrogen (secondary N) is 1. The van der Waals surface area contributed by atoms with Gasteiger partial charge >= 0.3 is 0 Å². The topological polar surface area (TPSA) is 56.3 Å². The quantitative estimate of drug-likeness (QED) is 0.474. The molecule has 1 N–H and O–H groups in total. The first-order valence-electron chi connectivity index (χ1n) is 10.6. The summed E-state index contributed by atoms with van der Waals surface area (Å²) >= 11 is 0. The van der Waals surface area contributed by atoms with Gasteiger partial charge in [-0.05, 0) is 49.1 Å². The molecule has 162 valence electrons. The summed E-state index contributed by atoms with van der Waals surface area (Å²) in [6.45, 7) is 9.00. The largest absolute Gasteiger partial charge is 0.481 e. The van der Waals surface area contributed by atoms with Gasteiger partial charge in [0.05, 0.1) is 12.8 Å². The van der Waals surface area contributed by atoms with Crippen molar-refractivity contribution in [2.24, 2.45) is 0 Å². The molecule has 0 fully saturated rings. The molecule has 1 aliphatic carbocycles. The van der Waals surface area contributed by atoms with Crippen molar-refractivity contribution in [1.29, 1.82) is 0 Å². The van der Waals surface area contributed by atoms with Gasteiger partial charge in [-0.1, -0.05) is 36.9 Å². The highest BCUT2D eigenvalue weighted by Crippen LogP contribution is 2.32. The van der Waals surface area contributed by atoms with Gasteiger partial charge in [-0.3, -0.25) is 4.98 Å². The predicted molar refractivity (Wildman–Crippen MR) is 129 cm³/mol. The van der Waals surface area contributed by atoms with Crippen LogP contribution in [-0.2, 0) is 6.54 Å². The molecule has 3 aromatic rings. The minimum Gasteiger partial charge on any atom is -0.481 e. The maximum Gasteiger partial charge on any atom is 0.212 e. The van der Waals surface area contributed by atoms with E-state index in [9.17, 15) is 0 Å². The maximum absolute atomic E-state index is 6.24. The molecule has 2 aromatic heterocycles. The number of rotatable bonds is 8. The van der Waals surface area contributed by atoms with Gasteiger partial charge in [0.25, 0.3) is 0 Å². The second-order valence-corrected chi connectivity index (χ2v) is 7.69. The number of hydrogen-bond acceptors (Lipinski definition) is 5. The summed E-state index contributed by atoms with van der Waals surface area (Å²) in [4.78, 5) is 8.76. The SMILES string of the molecule is C=C(NCc1ccc(OC)nc1)c1cccc(Oc2ccnc(C3=CCC=C3C)c2)c1C. The Balaban J connectivity index is 1.47. The lowest BCUT2D eigenvalue weighted by Gasteiger charge is -2.16. The highest BCUT2D eigenvalue weighted by molar-refractivity contribution is 5.79. The Morgan fingerprint density at radius 2 is 1.97 bits per heavy atom. The molecule has 1 aromatic carbocycles. The van der Waals surface area contributed by atoms with Crippen molar-refractivity contribution < 1.29 is 9.47 Å². The average molecular weight is 426 g/mol. The summed E-state index contributed by atoms with van der Waals surface area (Å²) in [6.07, 6.45) is 8.94. The van der Waals surface area contributed by atoms with E-state index in [1.165, 1.54) is 11.1 Å². The molecular weight excluding hydrogens is 398 g/mol. The Morgan fingerprint density at radius 1 is 1.09 bits per heavy atom. The van der Waals surface area contributed by atoms with Crippen molar-refractivity contribution in [3.8, 4) is 17.4 Å². The first-order chi connectivity index (χ1) is 15.5. The van der Waals surface area contributed by atoms with Gasteiger partial charge in [-0.2, -0.15) is 0 Å². The third-order valence-corrected chi connectivity index (χ3v) is 5.53. The summed E-state index contributed by atoms with van der Waals surface area (Å²) in [5.41, 5.74) is 7.27. The van der Waals surface area contributed by atoms with Crippen molar-refractivity contribution in [1.82, 2.24) is 15.3 Å². The molecule has 32 heavy (non-hydrogen) atoms. The summed E-state index contributed by atoms with van der Waals surface area (Å²) in [5.74, 6) is 2.16. The molecule has 0 radical (unpaired) electrons. The standard InChI is InChI=1S/C27H27N3O2/c1-18-7-5-8-23(18)25-15-22(13-14-28-25)32-26-10-6-9-24(19(26)2)20(3)29-16-21-11-12-27(31-4)30-17-21/h6-15,17,29H,3,5,16H2,1-2,4H3. The van der Waals surface area contributed by atoms with Gasteiger partial charge in [0.1, 0.15) is 11.5 Å². The van der Waals surface area contributed by atoms with E-state index in [2.05, 4.69) is 40.9 Å². The molecule has 5 heteroatoms. The van der Waals surface area contributed by atoms with Crippen LogP contribution < -0.4 is 14.8 Å². The third kappa shape index (κ3) is 4.72. The summed E-state index contributed by atoms with van der Waals surface area (Å²) in [7, 11) is 1.61. The zero-order chi connectivity index (χ0) is 22.5. The number of ether oxygens (including phenoxy) is 2. The summed E-state index contributed by atoms with van der Waals surface area (Å²) < 4.78 is 11.4. The van der Waals surface area contributed by atoms with E-state index >= 15 is 0 Å². The Morgan fingerprint density at radius 3 is 2.69 bits per heavy atom. The van der Waals surface area contributed by atoms with Crippen molar-refractivity contribution >= 4 is 11.3 Å². The minimum atomic E-state index is 0.600. The monoisotopic (exact) mass is 425 g/mol. The van der Waals surface area contributed by atoms with Crippen molar-refractivity contribution in [3.05, 3.63) is 102 Å². The summed E-state index contributed by atoms with van der Waals surface area (Å²) in [6, 6.07) is 13.7. The molecule has 0 aliphatic heterocycles. The Labute approximate surface area is 189 Å². The fourth-order valence-electron chi connectivity index (χ4n) is 3.67. The van der Waals surface area contributed by atoms with Crippen LogP contribution in [0.1, 0.15) is 35.7 Å². The number of allylic oxidation sites excluding steroid dienone is 4. The first kappa shape index (κ1) is 21.4. The molecule has 0 atom stereocenters. The molecule has 1 aliphatic rings. The number of methoxy groups -OCH3 is 1. The smallest absolute Gasteiger partial charge is 0.212 e. The number of pyridine rings is 2. The van der Waals surface area contributed by atoms with Crippen LogP contribution in [-0.4, -0.2) is 17.1 Å². The zero-order valence-electron chi connectivity index (χ0n) is 18.7. The predicted octanol–water partition coefficient (Wildman–Crippen LogP) is 6.08. The van der Waals surface area contributed by atoms with Crippen LogP contribution in [0.15, 0.2) is 79.2 Å². The minimum absolute atomic E-state index is 0.600. The molecule has 0 unspecified atom stereocenters. The molecule has 0 saturated carbocycles. The molecule has 0 amide bonds. The number of benzene rings is 1. The van der Waals surface area contributed by atoms with E-state index in [1.807, 2.05) is 49.4 Å². The second kappa shape index (κ2) is 9.52. The van der Waals surface area contributed by atoms with Crippen LogP contribution >= 0.6 is 0 Å². The van der Waals surface area contributed by atoms with Crippen LogP contribution in [0.5, 0.6) is 17.4 Å². The highest BCUT2D eigenvalue weighted by atomic mass is 16.5. The van der Waals surface area contributed by atoms with Gasteiger partial charge < -0.3 is 14.8 Å². The molecular formula is C27H27N3O2. The van der Waals surface area contributed by atoms with E-state index in [0.29, 0.717) is 12.4 Å². The first-order valence-corrected chi connectivity index (χ1v) is 10.6. The van der Waals surface area contributed by atoms with Gasteiger partial charge in [-0.15, -0.1) is 0 Å². The van der Waals surface area contributed by atoms with E-state index in [1.54, 1.807) is 19.5 Å². The Hall–Kier alpha value is -3.86. The van der Waals surface area contributed by atoms with E-state index in [0.717, 1.165) is 46.0 Å². The van der Waals surface area contributed by atoms with E-state index in [4.69, 9.17) is 9.47 Å². The Kier molecular flexibility index (Phi) is 6.36.